The average molecular weight is 288 g/mol. The monoisotopic (exact) mass is 287 g/mol. The summed E-state index contributed by atoms with van der Waals surface area (Å²) in [6, 6.07) is 2.04. The molecule has 0 spiro atoms. The minimum atomic E-state index is -0.151. The van der Waals surface area contributed by atoms with Crippen molar-refractivity contribution in [2.24, 2.45) is 0 Å². The van der Waals surface area contributed by atoms with E-state index in [2.05, 4.69) is 10.2 Å². The van der Waals surface area contributed by atoms with Gasteiger partial charge in [0.2, 0.25) is 9.47 Å². The van der Waals surface area contributed by atoms with Crippen LogP contribution in [0.4, 0.5) is 0 Å². The lowest BCUT2D eigenvalue weighted by atomic mass is 10.3. The molecule has 2 heterocycles. The minimum Gasteiger partial charge on any atom is -0.334 e. The maximum atomic E-state index is 12.0. The second-order valence-electron chi connectivity index (χ2n) is 3.55. The topological polar surface area (TPSA) is 46.1 Å². The van der Waals surface area contributed by atoms with Crippen molar-refractivity contribution in [3.8, 4) is 0 Å². The van der Waals surface area contributed by atoms with Crippen molar-refractivity contribution in [2.75, 3.05) is 7.05 Å². The molecule has 0 aliphatic heterocycles. The van der Waals surface area contributed by atoms with Crippen LogP contribution >= 0.6 is 34.3 Å². The van der Waals surface area contributed by atoms with E-state index in [4.69, 9.17) is 11.6 Å². The molecule has 1 amide bonds. The lowest BCUT2D eigenvalue weighted by molar-refractivity contribution is 0.0785. The fourth-order valence-electron chi connectivity index (χ4n) is 1.31. The third kappa shape index (κ3) is 2.83. The van der Waals surface area contributed by atoms with Gasteiger partial charge < -0.3 is 4.90 Å². The van der Waals surface area contributed by atoms with Gasteiger partial charge in [0.15, 0.2) is 0 Å². The second-order valence-corrected chi connectivity index (χ2v) is 6.11. The van der Waals surface area contributed by atoms with Crippen molar-refractivity contribution in [1.29, 1.82) is 0 Å². The van der Waals surface area contributed by atoms with Crippen LogP contribution in [0.15, 0.2) is 11.4 Å². The fraction of sp³-hybridized carbons (Fsp3) is 0.300. The van der Waals surface area contributed by atoms with Gasteiger partial charge in [-0.2, -0.15) is 0 Å². The SMILES string of the molecule is Cc1ccsc1CN(C)C(=O)c1nnc(Cl)s1. The molecule has 0 atom stereocenters. The fourth-order valence-corrected chi connectivity index (χ4v) is 3.09. The molecule has 7 heteroatoms. The predicted octanol–water partition coefficient (Wildman–Crippen LogP) is 2.83. The number of carbonyl (C=O) groups is 1. The molecule has 90 valence electrons. The molecule has 0 fully saturated rings. The van der Waals surface area contributed by atoms with E-state index in [1.54, 1.807) is 23.3 Å². The van der Waals surface area contributed by atoms with Gasteiger partial charge in [-0.05, 0) is 35.5 Å². The van der Waals surface area contributed by atoms with Gasteiger partial charge in [-0.25, -0.2) is 0 Å². The molecule has 2 rings (SSSR count). The number of hydrogen-bond acceptors (Lipinski definition) is 5. The Bertz CT molecular complexity index is 537. The molecule has 2 aromatic heterocycles. The van der Waals surface area contributed by atoms with Gasteiger partial charge in [0.05, 0.1) is 6.54 Å². The van der Waals surface area contributed by atoms with Crippen LogP contribution in [0.3, 0.4) is 0 Å². The molecule has 0 aliphatic rings. The Morgan fingerprint density at radius 1 is 1.53 bits per heavy atom. The number of carbonyl (C=O) groups excluding carboxylic acids is 1. The summed E-state index contributed by atoms with van der Waals surface area (Å²) in [5.41, 5.74) is 1.20. The molecule has 4 nitrogen and oxygen atoms in total. The van der Waals surface area contributed by atoms with Crippen LogP contribution in [-0.4, -0.2) is 28.1 Å². The Balaban J connectivity index is 2.08. The van der Waals surface area contributed by atoms with E-state index >= 15 is 0 Å². The smallest absolute Gasteiger partial charge is 0.284 e. The Labute approximate surface area is 112 Å². The Hall–Kier alpha value is -0.980. The normalized spacial score (nSPS) is 10.5. The highest BCUT2D eigenvalue weighted by Crippen LogP contribution is 2.20. The van der Waals surface area contributed by atoms with Gasteiger partial charge in [-0.3, -0.25) is 4.79 Å². The zero-order valence-electron chi connectivity index (χ0n) is 9.31. The van der Waals surface area contributed by atoms with E-state index in [1.807, 2.05) is 18.4 Å². The van der Waals surface area contributed by atoms with Gasteiger partial charge in [0, 0.05) is 11.9 Å². The summed E-state index contributed by atoms with van der Waals surface area (Å²) in [4.78, 5) is 14.8. The van der Waals surface area contributed by atoms with Gasteiger partial charge in [-0.1, -0.05) is 11.3 Å². The van der Waals surface area contributed by atoms with Crippen LogP contribution in [0, 0.1) is 6.92 Å². The molecular weight excluding hydrogens is 278 g/mol. The zero-order valence-corrected chi connectivity index (χ0v) is 11.7. The number of amides is 1. The van der Waals surface area contributed by atoms with Crippen LogP contribution in [-0.2, 0) is 6.54 Å². The number of hydrogen-bond donors (Lipinski definition) is 0. The Kier molecular flexibility index (Phi) is 3.76. The van der Waals surface area contributed by atoms with Crippen molar-refractivity contribution < 1.29 is 4.79 Å². The molecule has 2 aromatic rings. The highest BCUT2D eigenvalue weighted by Gasteiger charge is 2.17. The van der Waals surface area contributed by atoms with Crippen molar-refractivity contribution >= 4 is 40.2 Å². The summed E-state index contributed by atoms with van der Waals surface area (Å²) in [5, 5.41) is 9.71. The van der Waals surface area contributed by atoms with E-state index in [1.165, 1.54) is 10.4 Å². The molecule has 17 heavy (non-hydrogen) atoms. The molecule has 0 unspecified atom stereocenters. The van der Waals surface area contributed by atoms with Crippen molar-refractivity contribution in [3.63, 3.8) is 0 Å². The summed E-state index contributed by atoms with van der Waals surface area (Å²) in [5.74, 6) is -0.151. The molecule has 0 aromatic carbocycles. The summed E-state index contributed by atoms with van der Waals surface area (Å²) < 4.78 is 0.286. The van der Waals surface area contributed by atoms with Gasteiger partial charge in [-0.15, -0.1) is 21.5 Å². The van der Waals surface area contributed by atoms with Crippen LogP contribution in [0.1, 0.15) is 20.2 Å². The lowest BCUT2D eigenvalue weighted by Gasteiger charge is -2.14. The average Bonchev–Trinajstić information content (AvgIpc) is 2.88. The first-order valence-corrected chi connectivity index (χ1v) is 6.93. The van der Waals surface area contributed by atoms with E-state index in [-0.39, 0.29) is 10.4 Å². The maximum absolute atomic E-state index is 12.0. The standard InChI is InChI=1S/C10H10ClN3OS2/c1-6-3-4-16-7(6)5-14(2)9(15)8-12-13-10(11)17-8/h3-4H,5H2,1-2H3. The Morgan fingerprint density at radius 3 is 2.82 bits per heavy atom. The second kappa shape index (κ2) is 5.12. The van der Waals surface area contributed by atoms with Crippen molar-refractivity contribution in [2.45, 2.75) is 13.5 Å². The largest absolute Gasteiger partial charge is 0.334 e. The van der Waals surface area contributed by atoms with E-state index in [9.17, 15) is 4.79 Å². The molecule has 0 aliphatic carbocycles. The molecule has 0 bridgehead atoms. The Morgan fingerprint density at radius 2 is 2.29 bits per heavy atom. The van der Waals surface area contributed by atoms with Crippen LogP contribution in [0.25, 0.3) is 0 Å². The van der Waals surface area contributed by atoms with E-state index < -0.39 is 0 Å². The first kappa shape index (κ1) is 12.5. The number of rotatable bonds is 3. The molecule has 0 saturated heterocycles. The molecule has 0 N–H and O–H groups in total. The predicted molar refractivity (Wildman–Crippen MR) is 69.8 cm³/mol. The third-order valence-electron chi connectivity index (χ3n) is 2.28. The van der Waals surface area contributed by atoms with E-state index in [0.717, 1.165) is 11.3 Å². The summed E-state index contributed by atoms with van der Waals surface area (Å²) in [7, 11) is 1.75. The number of thiophene rings is 1. The van der Waals surface area contributed by atoms with Crippen LogP contribution < -0.4 is 0 Å². The number of halogens is 1. The first-order chi connectivity index (χ1) is 8.08. The van der Waals surface area contributed by atoms with Crippen LogP contribution in [0.5, 0.6) is 0 Å². The van der Waals surface area contributed by atoms with Gasteiger partial charge in [0.25, 0.3) is 5.91 Å². The lowest BCUT2D eigenvalue weighted by Crippen LogP contribution is -2.25. The highest BCUT2D eigenvalue weighted by atomic mass is 35.5. The van der Waals surface area contributed by atoms with Gasteiger partial charge in [0.1, 0.15) is 0 Å². The highest BCUT2D eigenvalue weighted by molar-refractivity contribution is 7.17. The number of nitrogens with zero attached hydrogens (tertiary/aromatic N) is 3. The molecular formula is C10H10ClN3OS2. The van der Waals surface area contributed by atoms with E-state index in [0.29, 0.717) is 11.6 Å². The molecule has 0 radical (unpaired) electrons. The van der Waals surface area contributed by atoms with Gasteiger partial charge >= 0.3 is 0 Å². The summed E-state index contributed by atoms with van der Waals surface area (Å²) in [6.45, 7) is 2.62. The van der Waals surface area contributed by atoms with Crippen molar-refractivity contribution in [3.05, 3.63) is 31.4 Å². The summed E-state index contributed by atoms with van der Waals surface area (Å²) in [6.07, 6.45) is 0. The van der Waals surface area contributed by atoms with Crippen LogP contribution in [0.2, 0.25) is 4.47 Å². The van der Waals surface area contributed by atoms with Crippen molar-refractivity contribution in [1.82, 2.24) is 15.1 Å². The summed E-state index contributed by atoms with van der Waals surface area (Å²) >= 11 is 8.39. The quantitative estimate of drug-likeness (QED) is 0.872. The number of aromatic nitrogens is 2. The third-order valence-corrected chi connectivity index (χ3v) is 4.29. The zero-order chi connectivity index (χ0) is 12.4. The minimum absolute atomic E-state index is 0.151. The maximum Gasteiger partial charge on any atom is 0.284 e. The first-order valence-electron chi connectivity index (χ1n) is 4.85. The molecule has 0 saturated carbocycles. The number of aryl methyl sites for hydroxylation is 1.